The summed E-state index contributed by atoms with van der Waals surface area (Å²) in [5.74, 6) is 1.31. The molecule has 130 valence electrons. The fraction of sp³-hybridized carbons (Fsp3) is 0.438. The summed E-state index contributed by atoms with van der Waals surface area (Å²) in [6, 6.07) is 1.79. The number of ether oxygens (including phenoxy) is 3. The van der Waals surface area contributed by atoms with E-state index in [1.165, 1.54) is 20.5 Å². The van der Waals surface area contributed by atoms with Crippen LogP contribution in [0.3, 0.4) is 0 Å². The summed E-state index contributed by atoms with van der Waals surface area (Å²) in [7, 11) is 4.62. The van der Waals surface area contributed by atoms with Crippen molar-refractivity contribution in [3.63, 3.8) is 0 Å². The minimum atomic E-state index is -0.788. The van der Waals surface area contributed by atoms with Gasteiger partial charge in [0.25, 0.3) is 0 Å². The van der Waals surface area contributed by atoms with Crippen LogP contribution < -0.4 is 19.5 Å². The molecule has 0 aliphatic heterocycles. The van der Waals surface area contributed by atoms with Gasteiger partial charge in [-0.2, -0.15) is 0 Å². The van der Waals surface area contributed by atoms with Gasteiger partial charge in [-0.3, -0.25) is 4.79 Å². The van der Waals surface area contributed by atoms with Crippen LogP contribution in [0.15, 0.2) is 12.4 Å². The molecule has 0 spiro atoms. The number of hydrogen-bond donors (Lipinski definition) is 2. The minimum Gasteiger partial charge on any atom is -0.493 e. The Morgan fingerprint density at radius 2 is 1.88 bits per heavy atom. The number of unbranched alkanes of at least 4 members (excludes halogenated alkanes) is 1. The Hall–Kier alpha value is -2.77. The Morgan fingerprint density at radius 3 is 2.50 bits per heavy atom. The van der Waals surface area contributed by atoms with Gasteiger partial charge in [-0.05, 0) is 18.9 Å². The number of aliphatic carboxylic acids is 1. The second-order valence-corrected chi connectivity index (χ2v) is 5.04. The Labute approximate surface area is 139 Å². The number of nitrogens with one attached hydrogen (secondary N) is 1. The van der Waals surface area contributed by atoms with Crippen molar-refractivity contribution in [2.24, 2.45) is 0 Å². The third kappa shape index (κ3) is 3.76. The third-order valence-corrected chi connectivity index (χ3v) is 3.54. The van der Waals surface area contributed by atoms with Gasteiger partial charge in [-0.15, -0.1) is 0 Å². The predicted octanol–water partition coefficient (Wildman–Crippen LogP) is 2.32. The lowest BCUT2D eigenvalue weighted by Crippen LogP contribution is -2.06. The molecule has 0 amide bonds. The van der Waals surface area contributed by atoms with Crippen molar-refractivity contribution in [1.29, 1.82) is 0 Å². The molecule has 0 saturated heterocycles. The fourth-order valence-corrected chi connectivity index (χ4v) is 2.41. The number of carboxylic acids is 1. The first-order valence-electron chi connectivity index (χ1n) is 7.51. The number of rotatable bonds is 9. The fourth-order valence-electron chi connectivity index (χ4n) is 2.41. The summed E-state index contributed by atoms with van der Waals surface area (Å²) in [4.78, 5) is 19.1. The minimum absolute atomic E-state index is 0.158. The average Bonchev–Trinajstić information content (AvgIpc) is 2.59. The van der Waals surface area contributed by atoms with E-state index in [0.717, 1.165) is 11.8 Å². The Kier molecular flexibility index (Phi) is 6.00. The van der Waals surface area contributed by atoms with Gasteiger partial charge in [0.15, 0.2) is 11.5 Å². The number of hydrogen-bond acceptors (Lipinski definition) is 7. The molecule has 2 rings (SSSR count). The maximum atomic E-state index is 10.5. The van der Waals surface area contributed by atoms with Gasteiger partial charge in [0.05, 0.1) is 26.7 Å². The van der Waals surface area contributed by atoms with E-state index >= 15 is 0 Å². The van der Waals surface area contributed by atoms with E-state index in [9.17, 15) is 4.79 Å². The first-order chi connectivity index (χ1) is 11.6. The number of nitrogens with zero attached hydrogens (tertiary/aromatic N) is 2. The largest absolute Gasteiger partial charge is 0.493 e. The van der Waals surface area contributed by atoms with Crippen LogP contribution in [-0.4, -0.2) is 48.9 Å². The maximum absolute atomic E-state index is 10.5. The van der Waals surface area contributed by atoms with Crippen molar-refractivity contribution in [2.45, 2.75) is 19.3 Å². The molecule has 0 radical (unpaired) electrons. The molecule has 0 atom stereocenters. The molecule has 0 aliphatic carbocycles. The topological polar surface area (TPSA) is 103 Å². The van der Waals surface area contributed by atoms with Crippen LogP contribution in [0.2, 0.25) is 0 Å². The zero-order valence-electron chi connectivity index (χ0n) is 14.0. The second kappa shape index (κ2) is 8.19. The number of fused-ring (bicyclic) bond motifs is 1. The van der Waals surface area contributed by atoms with Crippen LogP contribution in [0, 0.1) is 0 Å². The van der Waals surface area contributed by atoms with Gasteiger partial charge in [-0.1, -0.05) is 0 Å². The smallest absolute Gasteiger partial charge is 0.303 e. The highest BCUT2D eigenvalue weighted by Crippen LogP contribution is 2.43. The van der Waals surface area contributed by atoms with Gasteiger partial charge in [-0.25, -0.2) is 9.97 Å². The number of carbonyl (C=O) groups is 1. The summed E-state index contributed by atoms with van der Waals surface area (Å²) < 4.78 is 16.1. The zero-order valence-corrected chi connectivity index (χ0v) is 14.0. The van der Waals surface area contributed by atoms with E-state index in [1.54, 1.807) is 13.2 Å². The van der Waals surface area contributed by atoms with Gasteiger partial charge in [0.2, 0.25) is 5.75 Å². The highest BCUT2D eigenvalue weighted by molar-refractivity contribution is 5.96. The molecule has 1 aromatic carbocycles. The van der Waals surface area contributed by atoms with Crippen molar-refractivity contribution in [1.82, 2.24) is 9.97 Å². The second-order valence-electron chi connectivity index (χ2n) is 5.04. The Morgan fingerprint density at radius 1 is 1.12 bits per heavy atom. The number of carboxylic acid groups (broad SMARTS) is 1. The summed E-state index contributed by atoms with van der Waals surface area (Å²) in [5.41, 5.74) is 0.609. The van der Waals surface area contributed by atoms with Crippen LogP contribution in [-0.2, 0) is 4.79 Å². The normalized spacial score (nSPS) is 10.5. The zero-order chi connectivity index (χ0) is 17.5. The molecule has 0 aliphatic rings. The molecular formula is C16H21N3O5. The number of anilines is 1. The number of methoxy groups -OCH3 is 3. The predicted molar refractivity (Wildman–Crippen MR) is 89.2 cm³/mol. The van der Waals surface area contributed by atoms with E-state index in [4.69, 9.17) is 19.3 Å². The highest BCUT2D eigenvalue weighted by Gasteiger charge is 2.19. The summed E-state index contributed by atoms with van der Waals surface area (Å²) >= 11 is 0. The number of benzene rings is 1. The summed E-state index contributed by atoms with van der Waals surface area (Å²) in [6.45, 7) is 0.607. The molecule has 1 aromatic heterocycles. The Bertz CT molecular complexity index is 720. The van der Waals surface area contributed by atoms with E-state index in [1.807, 2.05) is 0 Å². The maximum Gasteiger partial charge on any atom is 0.303 e. The van der Waals surface area contributed by atoms with Crippen molar-refractivity contribution < 1.29 is 24.1 Å². The van der Waals surface area contributed by atoms with Crippen LogP contribution in [0.4, 0.5) is 5.82 Å². The van der Waals surface area contributed by atoms with Gasteiger partial charge < -0.3 is 24.6 Å². The van der Waals surface area contributed by atoms with Crippen LogP contribution in [0.5, 0.6) is 17.2 Å². The van der Waals surface area contributed by atoms with Crippen molar-refractivity contribution in [2.75, 3.05) is 33.2 Å². The van der Waals surface area contributed by atoms with Crippen LogP contribution in [0.25, 0.3) is 10.9 Å². The van der Waals surface area contributed by atoms with Crippen molar-refractivity contribution in [3.05, 3.63) is 12.4 Å². The standard InChI is InChI=1S/C16H21N3O5/c1-22-11-8-10-13(15(24-3)14(11)23-2)18-9-19-16(10)17-7-5-4-6-12(20)21/h8-9H,4-7H2,1-3H3,(H,20,21)(H,17,18,19). The van der Waals surface area contributed by atoms with Crippen molar-refractivity contribution >= 4 is 22.7 Å². The molecule has 8 heteroatoms. The molecular weight excluding hydrogens is 314 g/mol. The molecule has 24 heavy (non-hydrogen) atoms. The lowest BCUT2D eigenvalue weighted by atomic mass is 10.1. The molecule has 0 unspecified atom stereocenters. The lowest BCUT2D eigenvalue weighted by molar-refractivity contribution is -0.137. The Balaban J connectivity index is 2.29. The lowest BCUT2D eigenvalue weighted by Gasteiger charge is -2.15. The quantitative estimate of drug-likeness (QED) is 0.673. The van der Waals surface area contributed by atoms with Crippen LogP contribution >= 0.6 is 0 Å². The third-order valence-electron chi connectivity index (χ3n) is 3.54. The first-order valence-corrected chi connectivity index (χ1v) is 7.51. The average molecular weight is 335 g/mol. The molecule has 0 saturated carbocycles. The number of aromatic nitrogens is 2. The first kappa shape index (κ1) is 17.6. The summed E-state index contributed by atoms with van der Waals surface area (Å²) in [6.07, 6.45) is 2.93. The van der Waals surface area contributed by atoms with E-state index in [2.05, 4.69) is 15.3 Å². The molecule has 1 heterocycles. The highest BCUT2D eigenvalue weighted by atomic mass is 16.5. The van der Waals surface area contributed by atoms with E-state index < -0.39 is 5.97 Å². The van der Waals surface area contributed by atoms with Crippen molar-refractivity contribution in [3.8, 4) is 17.2 Å². The summed E-state index contributed by atoms with van der Waals surface area (Å²) in [5, 5.41) is 12.6. The molecule has 0 fully saturated rings. The van der Waals surface area contributed by atoms with E-state index in [-0.39, 0.29) is 6.42 Å². The molecule has 8 nitrogen and oxygen atoms in total. The van der Waals surface area contributed by atoms with Crippen LogP contribution in [0.1, 0.15) is 19.3 Å². The van der Waals surface area contributed by atoms with E-state index in [0.29, 0.717) is 41.5 Å². The van der Waals surface area contributed by atoms with Gasteiger partial charge >= 0.3 is 5.97 Å². The molecule has 0 bridgehead atoms. The SMILES string of the molecule is COc1cc2c(NCCCCC(=O)O)ncnc2c(OC)c1OC. The monoisotopic (exact) mass is 335 g/mol. The van der Waals surface area contributed by atoms with Gasteiger partial charge in [0, 0.05) is 13.0 Å². The van der Waals surface area contributed by atoms with Gasteiger partial charge in [0.1, 0.15) is 17.7 Å². The molecule has 2 aromatic rings. The molecule has 2 N–H and O–H groups in total.